The van der Waals surface area contributed by atoms with Gasteiger partial charge in [0.1, 0.15) is 5.75 Å². The predicted molar refractivity (Wildman–Crippen MR) is 120 cm³/mol. The molecule has 0 fully saturated rings. The maximum atomic E-state index is 9.63. The number of nitriles is 1. The van der Waals surface area contributed by atoms with Crippen LogP contribution in [0, 0.1) is 11.3 Å². The molecule has 2 aromatic carbocycles. The van der Waals surface area contributed by atoms with Crippen molar-refractivity contribution in [2.45, 2.75) is 27.2 Å². The summed E-state index contributed by atoms with van der Waals surface area (Å²) < 4.78 is 8.58. The van der Waals surface area contributed by atoms with Crippen LogP contribution >= 0.6 is 11.9 Å². The molecule has 5 heteroatoms. The molecular weight excluding hydrogens is 354 g/mol. The molecule has 0 saturated carbocycles. The van der Waals surface area contributed by atoms with Crippen LogP contribution in [0.5, 0.6) is 5.75 Å². The lowest BCUT2D eigenvalue weighted by molar-refractivity contribution is 0.415. The molecule has 0 aliphatic carbocycles. The molecule has 0 unspecified atom stereocenters. The van der Waals surface area contributed by atoms with E-state index in [2.05, 4.69) is 23.0 Å². The van der Waals surface area contributed by atoms with Gasteiger partial charge in [-0.1, -0.05) is 44.9 Å². The Kier molecular flexibility index (Phi) is 10.6. The molecule has 2 rings (SSSR count). The Bertz CT molecular complexity index is 781. The molecule has 0 bridgehead atoms. The Labute approximate surface area is 167 Å². The Balaban J connectivity index is 0.00000176. The summed E-state index contributed by atoms with van der Waals surface area (Å²) in [6, 6.07) is 16.0. The SMILES string of the molecule is CC.CCCSNc1cccc(/C=C(\C#N)c2ccc(OC)cc2NC)c1. The highest BCUT2D eigenvalue weighted by atomic mass is 32.2. The van der Waals surface area contributed by atoms with Crippen molar-refractivity contribution in [3.63, 3.8) is 0 Å². The molecule has 0 atom stereocenters. The van der Waals surface area contributed by atoms with Crippen molar-refractivity contribution < 1.29 is 4.74 Å². The van der Waals surface area contributed by atoms with E-state index < -0.39 is 0 Å². The van der Waals surface area contributed by atoms with E-state index in [1.54, 1.807) is 19.1 Å². The molecule has 0 heterocycles. The van der Waals surface area contributed by atoms with Gasteiger partial charge < -0.3 is 14.8 Å². The Morgan fingerprint density at radius 3 is 2.63 bits per heavy atom. The first-order chi connectivity index (χ1) is 13.2. The zero-order chi connectivity index (χ0) is 20.1. The lowest BCUT2D eigenvalue weighted by Gasteiger charge is -2.11. The van der Waals surface area contributed by atoms with E-state index in [1.807, 2.05) is 69.4 Å². The maximum Gasteiger partial charge on any atom is 0.120 e. The molecular formula is C22H29N3OS. The second kappa shape index (κ2) is 12.7. The average Bonchev–Trinajstić information content (AvgIpc) is 2.73. The third-order valence-corrected chi connectivity index (χ3v) is 4.59. The van der Waals surface area contributed by atoms with Crippen LogP contribution < -0.4 is 14.8 Å². The van der Waals surface area contributed by atoms with Crippen molar-refractivity contribution in [3.8, 4) is 11.8 Å². The molecule has 0 aliphatic rings. The van der Waals surface area contributed by atoms with Gasteiger partial charge in [-0.3, -0.25) is 0 Å². The van der Waals surface area contributed by atoms with Gasteiger partial charge in [0.25, 0.3) is 0 Å². The van der Waals surface area contributed by atoms with Crippen molar-refractivity contribution in [3.05, 3.63) is 53.6 Å². The fraction of sp³-hybridized carbons (Fsp3) is 0.318. The normalized spacial score (nSPS) is 10.3. The molecule has 4 nitrogen and oxygen atoms in total. The Morgan fingerprint density at radius 1 is 1.22 bits per heavy atom. The number of benzene rings is 2. The quantitative estimate of drug-likeness (QED) is 0.242. The number of nitrogens with zero attached hydrogens (tertiary/aromatic N) is 1. The summed E-state index contributed by atoms with van der Waals surface area (Å²) in [5.74, 6) is 1.81. The highest BCUT2D eigenvalue weighted by molar-refractivity contribution is 8.00. The third-order valence-electron chi connectivity index (χ3n) is 3.60. The molecule has 0 spiro atoms. The van der Waals surface area contributed by atoms with E-state index in [0.717, 1.165) is 40.4 Å². The summed E-state index contributed by atoms with van der Waals surface area (Å²) in [6.45, 7) is 6.15. The molecule has 0 saturated heterocycles. The minimum absolute atomic E-state index is 0.602. The van der Waals surface area contributed by atoms with Crippen LogP contribution in [0.25, 0.3) is 11.6 Å². The minimum Gasteiger partial charge on any atom is -0.497 e. The standard InChI is InChI=1S/C20H23N3OS.C2H6/c1-4-10-25-23-17-7-5-6-15(12-17)11-16(14-21)19-9-8-18(24-3)13-20(19)22-2;1-2/h5-9,11-13,22-23H,4,10H2,1-3H3;1-2H3/b16-11+;. The lowest BCUT2D eigenvalue weighted by atomic mass is 10.0. The van der Waals surface area contributed by atoms with Gasteiger partial charge in [-0.2, -0.15) is 5.26 Å². The van der Waals surface area contributed by atoms with Crippen molar-refractivity contribution in [2.24, 2.45) is 0 Å². The highest BCUT2D eigenvalue weighted by Gasteiger charge is 2.08. The zero-order valence-corrected chi connectivity index (χ0v) is 17.6. The largest absolute Gasteiger partial charge is 0.497 e. The summed E-state index contributed by atoms with van der Waals surface area (Å²) in [4.78, 5) is 0. The maximum absolute atomic E-state index is 9.63. The fourth-order valence-corrected chi connectivity index (χ4v) is 2.96. The Hall–Kier alpha value is -2.58. The summed E-state index contributed by atoms with van der Waals surface area (Å²) >= 11 is 1.69. The Morgan fingerprint density at radius 2 is 2.00 bits per heavy atom. The fourth-order valence-electron chi connectivity index (χ4n) is 2.36. The van der Waals surface area contributed by atoms with Crippen LogP contribution in [-0.4, -0.2) is 19.9 Å². The molecule has 0 aromatic heterocycles. The molecule has 0 aliphatic heterocycles. The summed E-state index contributed by atoms with van der Waals surface area (Å²) in [6.07, 6.45) is 3.03. The van der Waals surface area contributed by atoms with Gasteiger partial charge >= 0.3 is 0 Å². The zero-order valence-electron chi connectivity index (χ0n) is 16.8. The van der Waals surface area contributed by atoms with Gasteiger partial charge in [-0.25, -0.2) is 0 Å². The highest BCUT2D eigenvalue weighted by Crippen LogP contribution is 2.29. The summed E-state index contributed by atoms with van der Waals surface area (Å²) in [5, 5.41) is 12.8. The van der Waals surface area contributed by atoms with Crippen LogP contribution in [0.2, 0.25) is 0 Å². The third kappa shape index (κ3) is 6.92. The average molecular weight is 384 g/mol. The minimum atomic E-state index is 0.602. The number of rotatable bonds is 8. The number of ether oxygens (including phenoxy) is 1. The topological polar surface area (TPSA) is 57.1 Å². The van der Waals surface area contributed by atoms with Gasteiger partial charge in [0.05, 0.1) is 18.8 Å². The van der Waals surface area contributed by atoms with Gasteiger partial charge in [-0.15, -0.1) is 0 Å². The molecule has 0 amide bonds. The number of hydrogen-bond acceptors (Lipinski definition) is 5. The van der Waals surface area contributed by atoms with E-state index in [-0.39, 0.29) is 0 Å². The molecule has 2 N–H and O–H groups in total. The van der Waals surface area contributed by atoms with Gasteiger partial charge in [0, 0.05) is 35.8 Å². The van der Waals surface area contributed by atoms with Gasteiger partial charge in [0.15, 0.2) is 0 Å². The summed E-state index contributed by atoms with van der Waals surface area (Å²) in [7, 11) is 3.47. The number of hydrogen-bond donors (Lipinski definition) is 2. The van der Waals surface area contributed by atoms with E-state index in [0.29, 0.717) is 5.57 Å². The van der Waals surface area contributed by atoms with E-state index >= 15 is 0 Å². The van der Waals surface area contributed by atoms with Crippen LogP contribution in [0.15, 0.2) is 42.5 Å². The summed E-state index contributed by atoms with van der Waals surface area (Å²) in [5.41, 5.74) is 4.33. The number of allylic oxidation sites excluding steroid dienone is 1. The van der Waals surface area contributed by atoms with Crippen LogP contribution in [0.4, 0.5) is 11.4 Å². The van der Waals surface area contributed by atoms with Crippen molar-refractivity contribution in [2.75, 3.05) is 29.9 Å². The van der Waals surface area contributed by atoms with E-state index in [1.165, 1.54) is 0 Å². The molecule has 0 radical (unpaired) electrons. The first-order valence-electron chi connectivity index (χ1n) is 9.17. The van der Waals surface area contributed by atoms with Crippen LogP contribution in [0.1, 0.15) is 38.3 Å². The van der Waals surface area contributed by atoms with Crippen LogP contribution in [-0.2, 0) is 0 Å². The second-order valence-electron chi connectivity index (χ2n) is 5.41. The van der Waals surface area contributed by atoms with Gasteiger partial charge in [-0.05, 0) is 42.3 Å². The van der Waals surface area contributed by atoms with Crippen molar-refractivity contribution in [1.82, 2.24) is 0 Å². The first-order valence-corrected chi connectivity index (χ1v) is 10.2. The van der Waals surface area contributed by atoms with Gasteiger partial charge in [0.2, 0.25) is 0 Å². The molecule has 144 valence electrons. The van der Waals surface area contributed by atoms with Crippen molar-refractivity contribution in [1.29, 1.82) is 5.26 Å². The lowest BCUT2D eigenvalue weighted by Crippen LogP contribution is -1.96. The molecule has 2 aromatic rings. The smallest absolute Gasteiger partial charge is 0.120 e. The predicted octanol–water partition coefficient (Wildman–Crippen LogP) is 6.30. The first kappa shape index (κ1) is 22.5. The van der Waals surface area contributed by atoms with E-state index in [4.69, 9.17) is 4.74 Å². The van der Waals surface area contributed by atoms with E-state index in [9.17, 15) is 5.26 Å². The number of methoxy groups -OCH3 is 1. The second-order valence-corrected chi connectivity index (χ2v) is 6.31. The number of anilines is 2. The van der Waals surface area contributed by atoms with Crippen LogP contribution in [0.3, 0.4) is 0 Å². The van der Waals surface area contributed by atoms with Crippen molar-refractivity contribution >= 4 is 35.0 Å². The molecule has 27 heavy (non-hydrogen) atoms. The monoisotopic (exact) mass is 383 g/mol. The number of nitrogens with one attached hydrogen (secondary N) is 2.